The Kier molecular flexibility index (Phi) is 3.97. The smallest absolute Gasteiger partial charge is 0.137 e. The van der Waals surface area contributed by atoms with Crippen LogP contribution in [0.5, 0.6) is 0 Å². The molecule has 0 radical (unpaired) electrons. The van der Waals surface area contributed by atoms with E-state index in [-0.39, 0.29) is 11.9 Å². The molecule has 0 amide bonds. The minimum Gasteiger partial charge on any atom is -0.467 e. The third-order valence-corrected chi connectivity index (χ3v) is 3.12. The first kappa shape index (κ1) is 12.3. The summed E-state index contributed by atoms with van der Waals surface area (Å²) in [6, 6.07) is 8.68. The van der Waals surface area contributed by atoms with Crippen LogP contribution in [0.1, 0.15) is 24.3 Å². The van der Waals surface area contributed by atoms with Crippen molar-refractivity contribution in [3.05, 3.63) is 58.2 Å². The lowest BCUT2D eigenvalue weighted by atomic mass is 10.0. The predicted molar refractivity (Wildman–Crippen MR) is 68.3 cm³/mol. The number of halogens is 2. The van der Waals surface area contributed by atoms with Gasteiger partial charge in [-0.15, -0.1) is 0 Å². The Balaban J connectivity index is 2.35. The fraction of sp³-hybridized carbons (Fsp3) is 0.231. The summed E-state index contributed by atoms with van der Waals surface area (Å²) in [6.07, 6.45) is 1.64. The number of hydrogen-bond donors (Lipinski definition) is 1. The minimum absolute atomic E-state index is 0.0492. The van der Waals surface area contributed by atoms with Gasteiger partial charge in [-0.25, -0.2) is 4.39 Å². The molecule has 1 atom stereocenters. The van der Waals surface area contributed by atoms with Gasteiger partial charge < -0.3 is 9.73 Å². The highest BCUT2D eigenvalue weighted by Gasteiger charge is 2.16. The highest BCUT2D eigenvalue weighted by molar-refractivity contribution is 9.10. The van der Waals surface area contributed by atoms with Crippen molar-refractivity contribution in [1.82, 2.24) is 5.32 Å². The molecule has 1 N–H and O–H groups in total. The second-order valence-corrected chi connectivity index (χ2v) is 4.53. The molecule has 1 unspecified atom stereocenters. The van der Waals surface area contributed by atoms with E-state index in [1.54, 1.807) is 18.4 Å². The third-order valence-electron chi connectivity index (χ3n) is 2.51. The van der Waals surface area contributed by atoms with Crippen molar-refractivity contribution < 1.29 is 8.81 Å². The molecule has 1 aromatic carbocycles. The van der Waals surface area contributed by atoms with Gasteiger partial charge in [0.25, 0.3) is 0 Å². The molecule has 1 aromatic heterocycles. The first-order valence-corrected chi connectivity index (χ1v) is 6.23. The first-order chi connectivity index (χ1) is 8.22. The second-order valence-electron chi connectivity index (χ2n) is 3.68. The van der Waals surface area contributed by atoms with Crippen molar-refractivity contribution in [2.45, 2.75) is 13.0 Å². The molecule has 0 saturated carbocycles. The lowest BCUT2D eigenvalue weighted by molar-refractivity contribution is 0.451. The van der Waals surface area contributed by atoms with Gasteiger partial charge in [-0.2, -0.15) is 0 Å². The summed E-state index contributed by atoms with van der Waals surface area (Å²) in [7, 11) is 0. The summed E-state index contributed by atoms with van der Waals surface area (Å²) in [5, 5.41) is 3.31. The quantitative estimate of drug-likeness (QED) is 0.926. The maximum absolute atomic E-state index is 13.2. The standard InChI is InChI=1S/C13H13BrFNO/c1-2-16-13(12-4-3-7-17-12)9-5-6-11(15)10(14)8-9/h3-8,13,16H,2H2,1H3. The SMILES string of the molecule is CCNC(c1ccc(F)c(Br)c1)c1ccco1. The van der Waals surface area contributed by atoms with Crippen LogP contribution in [-0.2, 0) is 0 Å². The summed E-state index contributed by atoms with van der Waals surface area (Å²) < 4.78 is 19.1. The third kappa shape index (κ3) is 2.76. The average molecular weight is 298 g/mol. The Morgan fingerprint density at radius 2 is 2.24 bits per heavy atom. The molecule has 1 heterocycles. The Bertz CT molecular complexity index is 484. The Morgan fingerprint density at radius 1 is 1.41 bits per heavy atom. The van der Waals surface area contributed by atoms with Crippen molar-refractivity contribution in [3.8, 4) is 0 Å². The Hall–Kier alpha value is -1.13. The molecule has 0 aliphatic heterocycles. The lowest BCUT2D eigenvalue weighted by Crippen LogP contribution is -2.21. The van der Waals surface area contributed by atoms with Gasteiger partial charge in [0, 0.05) is 0 Å². The highest BCUT2D eigenvalue weighted by atomic mass is 79.9. The second kappa shape index (κ2) is 5.47. The van der Waals surface area contributed by atoms with Crippen LogP contribution in [0.15, 0.2) is 45.5 Å². The molecule has 0 aliphatic rings. The Labute approximate surface area is 108 Å². The predicted octanol–water partition coefficient (Wildman–Crippen LogP) is 3.88. The number of rotatable bonds is 4. The van der Waals surface area contributed by atoms with Gasteiger partial charge in [-0.1, -0.05) is 13.0 Å². The maximum Gasteiger partial charge on any atom is 0.137 e. The van der Waals surface area contributed by atoms with E-state index in [0.29, 0.717) is 4.47 Å². The van der Waals surface area contributed by atoms with E-state index in [1.165, 1.54) is 6.07 Å². The fourth-order valence-electron chi connectivity index (χ4n) is 1.73. The molecule has 90 valence electrons. The van der Waals surface area contributed by atoms with Crippen LogP contribution in [0.3, 0.4) is 0 Å². The normalized spacial score (nSPS) is 12.6. The van der Waals surface area contributed by atoms with Crippen molar-refractivity contribution in [2.75, 3.05) is 6.54 Å². The van der Waals surface area contributed by atoms with E-state index >= 15 is 0 Å². The Morgan fingerprint density at radius 3 is 2.82 bits per heavy atom. The van der Waals surface area contributed by atoms with Crippen molar-refractivity contribution in [3.63, 3.8) is 0 Å². The number of hydrogen-bond acceptors (Lipinski definition) is 2. The molecule has 2 rings (SSSR count). The van der Waals surface area contributed by atoms with Crippen LogP contribution in [-0.4, -0.2) is 6.54 Å². The van der Waals surface area contributed by atoms with E-state index in [1.807, 2.05) is 19.1 Å². The summed E-state index contributed by atoms with van der Waals surface area (Å²) >= 11 is 3.20. The van der Waals surface area contributed by atoms with Crippen LogP contribution in [0.25, 0.3) is 0 Å². The van der Waals surface area contributed by atoms with Gasteiger partial charge in [0.1, 0.15) is 11.6 Å². The monoisotopic (exact) mass is 297 g/mol. The largest absolute Gasteiger partial charge is 0.467 e. The molecular weight excluding hydrogens is 285 g/mol. The van der Waals surface area contributed by atoms with Gasteiger partial charge in [0.05, 0.1) is 16.8 Å². The zero-order valence-electron chi connectivity index (χ0n) is 9.41. The van der Waals surface area contributed by atoms with Crippen LogP contribution in [0.2, 0.25) is 0 Å². The first-order valence-electron chi connectivity index (χ1n) is 5.44. The molecule has 0 aliphatic carbocycles. The molecule has 0 bridgehead atoms. The van der Waals surface area contributed by atoms with Gasteiger partial charge in [0.15, 0.2) is 0 Å². The fourth-order valence-corrected chi connectivity index (χ4v) is 2.13. The molecule has 2 nitrogen and oxygen atoms in total. The summed E-state index contributed by atoms with van der Waals surface area (Å²) in [5.74, 6) is 0.564. The van der Waals surface area contributed by atoms with Crippen molar-refractivity contribution >= 4 is 15.9 Å². The summed E-state index contributed by atoms with van der Waals surface area (Å²) in [6.45, 7) is 2.83. The minimum atomic E-state index is -0.261. The van der Waals surface area contributed by atoms with Crippen LogP contribution in [0.4, 0.5) is 4.39 Å². The van der Waals surface area contributed by atoms with Crippen molar-refractivity contribution in [2.24, 2.45) is 0 Å². The van der Waals surface area contributed by atoms with Crippen LogP contribution < -0.4 is 5.32 Å². The zero-order valence-corrected chi connectivity index (χ0v) is 11.0. The average Bonchev–Trinajstić information content (AvgIpc) is 2.83. The van der Waals surface area contributed by atoms with Gasteiger partial charge in [-0.3, -0.25) is 0 Å². The number of furan rings is 1. The van der Waals surface area contributed by atoms with E-state index in [9.17, 15) is 4.39 Å². The van der Waals surface area contributed by atoms with E-state index in [4.69, 9.17) is 4.42 Å². The number of nitrogens with one attached hydrogen (secondary N) is 1. The molecular formula is C13H13BrFNO. The topological polar surface area (TPSA) is 25.2 Å². The maximum atomic E-state index is 13.2. The summed E-state index contributed by atoms with van der Waals surface area (Å²) in [4.78, 5) is 0. The summed E-state index contributed by atoms with van der Waals surface area (Å²) in [5.41, 5.74) is 0.968. The lowest BCUT2D eigenvalue weighted by Gasteiger charge is -2.16. The zero-order chi connectivity index (χ0) is 12.3. The van der Waals surface area contributed by atoms with Gasteiger partial charge in [0.2, 0.25) is 0 Å². The van der Waals surface area contributed by atoms with E-state index < -0.39 is 0 Å². The molecule has 4 heteroatoms. The molecule has 2 aromatic rings. The number of benzene rings is 1. The molecule has 17 heavy (non-hydrogen) atoms. The van der Waals surface area contributed by atoms with Crippen molar-refractivity contribution in [1.29, 1.82) is 0 Å². The molecule has 0 saturated heterocycles. The van der Waals surface area contributed by atoms with Gasteiger partial charge >= 0.3 is 0 Å². The van der Waals surface area contributed by atoms with E-state index in [0.717, 1.165) is 17.9 Å². The van der Waals surface area contributed by atoms with Crippen LogP contribution >= 0.6 is 15.9 Å². The van der Waals surface area contributed by atoms with Gasteiger partial charge in [-0.05, 0) is 52.3 Å². The highest BCUT2D eigenvalue weighted by Crippen LogP contribution is 2.26. The van der Waals surface area contributed by atoms with E-state index in [2.05, 4.69) is 21.2 Å². The van der Waals surface area contributed by atoms with Crippen LogP contribution in [0, 0.1) is 5.82 Å². The molecule has 0 fully saturated rings. The molecule has 0 spiro atoms.